The van der Waals surface area contributed by atoms with E-state index in [-0.39, 0.29) is 5.78 Å². The Morgan fingerprint density at radius 2 is 1.52 bits per heavy atom. The summed E-state index contributed by atoms with van der Waals surface area (Å²) in [5.74, 6) is -0.0682. The van der Waals surface area contributed by atoms with Gasteiger partial charge in [0.1, 0.15) is 0 Å². The second kappa shape index (κ2) is 8.67. The van der Waals surface area contributed by atoms with Crippen LogP contribution in [0.25, 0.3) is 0 Å². The van der Waals surface area contributed by atoms with Gasteiger partial charge in [-0.2, -0.15) is 0 Å². The summed E-state index contributed by atoms with van der Waals surface area (Å²) < 4.78 is 26.0. The van der Waals surface area contributed by atoms with Crippen LogP contribution in [0.3, 0.4) is 0 Å². The Morgan fingerprint density at radius 1 is 0.926 bits per heavy atom. The molecule has 144 valence electrons. The summed E-state index contributed by atoms with van der Waals surface area (Å²) in [6.45, 7) is 3.20. The van der Waals surface area contributed by atoms with Crippen LogP contribution in [0, 0.1) is 0 Å². The molecule has 0 bridgehead atoms. The molecule has 0 unspecified atom stereocenters. The van der Waals surface area contributed by atoms with Crippen molar-refractivity contribution in [3.05, 3.63) is 65.7 Å². The maximum absolute atomic E-state index is 12.5. The van der Waals surface area contributed by atoms with Crippen LogP contribution < -0.4 is 4.31 Å². The third-order valence-electron chi connectivity index (χ3n) is 4.92. The number of likely N-dealkylation sites (tertiary alicyclic amines) is 1. The van der Waals surface area contributed by atoms with Gasteiger partial charge in [0.2, 0.25) is 10.0 Å². The van der Waals surface area contributed by atoms with Crippen LogP contribution in [0.15, 0.2) is 54.6 Å². The van der Waals surface area contributed by atoms with Gasteiger partial charge < -0.3 is 4.90 Å². The average molecular weight is 387 g/mol. The van der Waals surface area contributed by atoms with E-state index in [1.54, 1.807) is 36.4 Å². The third-order valence-corrected chi connectivity index (χ3v) is 6.12. The second-order valence-electron chi connectivity index (χ2n) is 6.98. The first-order valence-electron chi connectivity index (χ1n) is 9.35. The van der Waals surface area contributed by atoms with E-state index >= 15 is 0 Å². The van der Waals surface area contributed by atoms with E-state index < -0.39 is 10.0 Å². The molecule has 1 heterocycles. The van der Waals surface area contributed by atoms with E-state index in [0.717, 1.165) is 19.6 Å². The Hall–Kier alpha value is -2.18. The first-order valence-corrected chi connectivity index (χ1v) is 11.2. The number of carbonyl (C=O) groups excluding carboxylic acids is 1. The van der Waals surface area contributed by atoms with Crippen molar-refractivity contribution in [2.24, 2.45) is 0 Å². The fourth-order valence-corrected chi connectivity index (χ4v) is 4.35. The molecule has 6 heteroatoms. The van der Waals surface area contributed by atoms with Crippen LogP contribution in [0.4, 0.5) is 5.69 Å². The number of hydrogen-bond donors (Lipinski definition) is 0. The van der Waals surface area contributed by atoms with Gasteiger partial charge in [-0.25, -0.2) is 8.42 Å². The second-order valence-corrected chi connectivity index (χ2v) is 8.89. The van der Waals surface area contributed by atoms with E-state index in [9.17, 15) is 13.2 Å². The number of piperidine rings is 1. The van der Waals surface area contributed by atoms with Gasteiger partial charge in [-0.15, -0.1) is 0 Å². The maximum atomic E-state index is 12.5. The first-order chi connectivity index (χ1) is 12.9. The van der Waals surface area contributed by atoms with Crippen LogP contribution in [0.5, 0.6) is 0 Å². The summed E-state index contributed by atoms with van der Waals surface area (Å²) in [5, 5.41) is 0. The molecule has 2 aromatic carbocycles. The van der Waals surface area contributed by atoms with E-state index in [1.165, 1.54) is 29.8 Å². The van der Waals surface area contributed by atoms with Gasteiger partial charge in [-0.3, -0.25) is 9.10 Å². The Balaban J connectivity index is 1.74. The molecular weight excluding hydrogens is 360 g/mol. The molecule has 0 aliphatic carbocycles. The van der Waals surface area contributed by atoms with Gasteiger partial charge in [0, 0.05) is 24.2 Å². The van der Waals surface area contributed by atoms with Crippen molar-refractivity contribution in [2.45, 2.75) is 19.3 Å². The van der Waals surface area contributed by atoms with Crippen LogP contribution in [-0.4, -0.2) is 51.5 Å². The third kappa shape index (κ3) is 5.17. The molecule has 0 aromatic heterocycles. The van der Waals surface area contributed by atoms with Gasteiger partial charge in [0.05, 0.1) is 11.9 Å². The molecular formula is C21H26N2O3S. The zero-order valence-electron chi connectivity index (χ0n) is 15.7. The van der Waals surface area contributed by atoms with E-state index in [2.05, 4.69) is 4.90 Å². The molecule has 0 saturated carbocycles. The Kier molecular flexibility index (Phi) is 6.29. The van der Waals surface area contributed by atoms with Crippen molar-refractivity contribution < 1.29 is 13.2 Å². The topological polar surface area (TPSA) is 57.7 Å². The zero-order chi connectivity index (χ0) is 19.3. The quantitative estimate of drug-likeness (QED) is 0.686. The SMILES string of the molecule is CS(=O)(=O)N(CCN1CCCCC1)c1ccc(C(=O)c2ccccc2)cc1. The molecule has 2 aromatic rings. The predicted octanol–water partition coefficient (Wildman–Crippen LogP) is 3.17. The lowest BCUT2D eigenvalue weighted by Gasteiger charge is -2.30. The van der Waals surface area contributed by atoms with Gasteiger partial charge in [0.15, 0.2) is 5.78 Å². The molecule has 0 radical (unpaired) electrons. The van der Waals surface area contributed by atoms with E-state index in [0.29, 0.717) is 23.4 Å². The van der Waals surface area contributed by atoms with Gasteiger partial charge in [0.25, 0.3) is 0 Å². The number of benzene rings is 2. The fourth-order valence-electron chi connectivity index (χ4n) is 3.44. The van der Waals surface area contributed by atoms with Crippen molar-refractivity contribution in [1.29, 1.82) is 0 Å². The lowest BCUT2D eigenvalue weighted by atomic mass is 10.0. The number of hydrogen-bond acceptors (Lipinski definition) is 4. The highest BCUT2D eigenvalue weighted by molar-refractivity contribution is 7.92. The zero-order valence-corrected chi connectivity index (χ0v) is 16.5. The van der Waals surface area contributed by atoms with Crippen molar-refractivity contribution in [3.8, 4) is 0 Å². The minimum absolute atomic E-state index is 0.0682. The molecule has 1 saturated heterocycles. The predicted molar refractivity (Wildman–Crippen MR) is 109 cm³/mol. The summed E-state index contributed by atoms with van der Waals surface area (Å²) in [5.41, 5.74) is 1.77. The highest BCUT2D eigenvalue weighted by Crippen LogP contribution is 2.20. The van der Waals surface area contributed by atoms with Crippen LogP contribution in [0.2, 0.25) is 0 Å². The molecule has 0 N–H and O–H groups in total. The largest absolute Gasteiger partial charge is 0.302 e. The van der Waals surface area contributed by atoms with Gasteiger partial charge in [-0.1, -0.05) is 36.8 Å². The summed E-state index contributed by atoms with van der Waals surface area (Å²) in [6, 6.07) is 15.9. The fraction of sp³-hybridized carbons (Fsp3) is 0.381. The number of anilines is 1. The summed E-state index contributed by atoms with van der Waals surface area (Å²) in [4.78, 5) is 14.8. The summed E-state index contributed by atoms with van der Waals surface area (Å²) >= 11 is 0. The monoisotopic (exact) mass is 386 g/mol. The van der Waals surface area contributed by atoms with Gasteiger partial charge in [-0.05, 0) is 50.2 Å². The average Bonchev–Trinajstić information content (AvgIpc) is 2.68. The summed E-state index contributed by atoms with van der Waals surface area (Å²) in [7, 11) is -3.38. The molecule has 1 aliphatic rings. The lowest BCUT2D eigenvalue weighted by molar-refractivity contribution is 0.103. The molecule has 3 rings (SSSR count). The Morgan fingerprint density at radius 3 is 2.11 bits per heavy atom. The number of nitrogens with zero attached hydrogens (tertiary/aromatic N) is 2. The molecule has 0 amide bonds. The Bertz CT molecular complexity index is 858. The molecule has 0 spiro atoms. The standard InChI is InChI=1S/C21H26N2O3S/c1-27(25,26)23(17-16-22-14-6-3-7-15-22)20-12-10-19(11-13-20)21(24)18-8-4-2-5-9-18/h2,4-5,8-13H,3,6-7,14-17H2,1H3. The minimum Gasteiger partial charge on any atom is -0.302 e. The van der Waals surface area contributed by atoms with Crippen molar-refractivity contribution in [3.63, 3.8) is 0 Å². The van der Waals surface area contributed by atoms with Gasteiger partial charge >= 0.3 is 0 Å². The molecule has 27 heavy (non-hydrogen) atoms. The van der Waals surface area contributed by atoms with Crippen molar-refractivity contribution >= 4 is 21.5 Å². The van der Waals surface area contributed by atoms with Crippen molar-refractivity contribution in [2.75, 3.05) is 36.7 Å². The molecule has 5 nitrogen and oxygen atoms in total. The van der Waals surface area contributed by atoms with Crippen LogP contribution in [0.1, 0.15) is 35.2 Å². The number of ketones is 1. The summed E-state index contributed by atoms with van der Waals surface area (Å²) in [6.07, 6.45) is 4.83. The van der Waals surface area contributed by atoms with E-state index in [4.69, 9.17) is 0 Å². The van der Waals surface area contributed by atoms with Crippen LogP contribution in [-0.2, 0) is 10.0 Å². The van der Waals surface area contributed by atoms with Crippen molar-refractivity contribution in [1.82, 2.24) is 4.90 Å². The van der Waals surface area contributed by atoms with E-state index in [1.807, 2.05) is 18.2 Å². The normalized spacial score (nSPS) is 15.4. The molecule has 1 aliphatic heterocycles. The smallest absolute Gasteiger partial charge is 0.232 e. The molecule has 0 atom stereocenters. The number of carbonyl (C=O) groups is 1. The minimum atomic E-state index is -3.38. The maximum Gasteiger partial charge on any atom is 0.232 e. The lowest BCUT2D eigenvalue weighted by Crippen LogP contribution is -2.40. The highest BCUT2D eigenvalue weighted by Gasteiger charge is 2.20. The van der Waals surface area contributed by atoms with Crippen LogP contribution >= 0.6 is 0 Å². The molecule has 1 fully saturated rings. The Labute approximate surface area is 161 Å². The first kappa shape index (κ1) is 19.6. The highest BCUT2D eigenvalue weighted by atomic mass is 32.2. The number of rotatable bonds is 7. The number of sulfonamides is 1.